The van der Waals surface area contributed by atoms with E-state index in [1.54, 1.807) is 6.07 Å². The van der Waals surface area contributed by atoms with E-state index in [0.717, 1.165) is 33.9 Å². The minimum absolute atomic E-state index is 0.115. The molecule has 1 atom stereocenters. The second-order valence-corrected chi connectivity index (χ2v) is 9.67. The minimum atomic E-state index is -0.248. The third kappa shape index (κ3) is 4.89. The van der Waals surface area contributed by atoms with Gasteiger partial charge in [0.15, 0.2) is 0 Å². The van der Waals surface area contributed by atoms with E-state index in [1.165, 1.54) is 0 Å². The molecule has 0 aliphatic carbocycles. The SMILES string of the molecule is Cc1nn(C)c(C)c1[C@H](C)NC(=O)c1cc(NC(=O)C(C)C)cc2nc(C)n(Cc3ccccc3)c12. The Labute approximate surface area is 211 Å². The van der Waals surface area contributed by atoms with E-state index in [-0.39, 0.29) is 23.8 Å². The van der Waals surface area contributed by atoms with E-state index in [2.05, 4.69) is 32.4 Å². The third-order valence-electron chi connectivity index (χ3n) is 6.60. The quantitative estimate of drug-likeness (QED) is 0.391. The molecule has 0 bridgehead atoms. The number of imidazole rings is 1. The van der Waals surface area contributed by atoms with Crippen molar-refractivity contribution in [2.45, 2.75) is 54.1 Å². The largest absolute Gasteiger partial charge is 0.345 e. The lowest BCUT2D eigenvalue weighted by atomic mass is 10.0. The zero-order valence-corrected chi connectivity index (χ0v) is 22.0. The van der Waals surface area contributed by atoms with E-state index in [0.29, 0.717) is 23.3 Å². The van der Waals surface area contributed by atoms with Gasteiger partial charge in [-0.05, 0) is 45.4 Å². The first-order valence-electron chi connectivity index (χ1n) is 12.2. The van der Waals surface area contributed by atoms with E-state index < -0.39 is 0 Å². The maximum absolute atomic E-state index is 13.8. The van der Waals surface area contributed by atoms with Crippen LogP contribution in [0.2, 0.25) is 0 Å². The Balaban J connectivity index is 1.80. The lowest BCUT2D eigenvalue weighted by Gasteiger charge is -2.17. The maximum atomic E-state index is 13.8. The molecule has 0 fully saturated rings. The molecule has 0 aliphatic heterocycles. The van der Waals surface area contributed by atoms with Gasteiger partial charge in [-0.25, -0.2) is 4.98 Å². The number of nitrogens with one attached hydrogen (secondary N) is 2. The number of nitrogens with zero attached hydrogens (tertiary/aromatic N) is 4. The highest BCUT2D eigenvalue weighted by atomic mass is 16.2. The third-order valence-corrected chi connectivity index (χ3v) is 6.60. The molecule has 0 unspecified atom stereocenters. The van der Waals surface area contributed by atoms with Gasteiger partial charge in [-0.3, -0.25) is 14.3 Å². The van der Waals surface area contributed by atoms with Gasteiger partial charge in [-0.15, -0.1) is 0 Å². The number of anilines is 1. The van der Waals surface area contributed by atoms with Crippen LogP contribution < -0.4 is 10.6 Å². The molecule has 188 valence electrons. The molecule has 2 amide bonds. The summed E-state index contributed by atoms with van der Waals surface area (Å²) in [5.74, 6) is 0.260. The second-order valence-electron chi connectivity index (χ2n) is 9.67. The number of amides is 2. The van der Waals surface area contributed by atoms with Crippen LogP contribution in [0.1, 0.15) is 65.5 Å². The van der Waals surface area contributed by atoms with Crippen molar-refractivity contribution in [1.82, 2.24) is 24.6 Å². The standard InChI is InChI=1S/C28H34N6O2/c1-16(2)27(35)31-22-13-23(28(36)29-17(3)25-18(4)32-33(7)19(25)5)26-24(14-22)30-20(6)34(26)15-21-11-9-8-10-12-21/h8-14,16-17H,15H2,1-7H3,(H,29,36)(H,31,35)/t17-/m0/s1. The fourth-order valence-electron chi connectivity index (χ4n) is 4.64. The van der Waals surface area contributed by atoms with E-state index >= 15 is 0 Å². The molecular weight excluding hydrogens is 452 g/mol. The number of benzene rings is 2. The van der Waals surface area contributed by atoms with Crippen LogP contribution in [-0.4, -0.2) is 31.1 Å². The van der Waals surface area contributed by atoms with E-state index in [4.69, 9.17) is 4.98 Å². The molecule has 0 saturated heterocycles. The van der Waals surface area contributed by atoms with E-state index in [1.807, 2.05) is 77.5 Å². The van der Waals surface area contributed by atoms with E-state index in [9.17, 15) is 9.59 Å². The molecule has 0 saturated carbocycles. The summed E-state index contributed by atoms with van der Waals surface area (Å²) in [5.41, 5.74) is 6.42. The van der Waals surface area contributed by atoms with Crippen LogP contribution in [0.25, 0.3) is 11.0 Å². The normalized spacial score (nSPS) is 12.2. The van der Waals surface area contributed by atoms with Gasteiger partial charge >= 0.3 is 0 Å². The zero-order chi connectivity index (χ0) is 26.1. The molecule has 8 nitrogen and oxygen atoms in total. The highest BCUT2D eigenvalue weighted by molar-refractivity contribution is 6.08. The number of aryl methyl sites for hydroxylation is 3. The Bertz CT molecular complexity index is 1430. The Morgan fingerprint density at radius 1 is 1.03 bits per heavy atom. The van der Waals surface area contributed by atoms with Crippen LogP contribution in [0.3, 0.4) is 0 Å². The van der Waals surface area contributed by atoms with Crippen molar-refractivity contribution in [2.24, 2.45) is 13.0 Å². The molecule has 2 N–H and O–H groups in total. The Kier molecular flexibility index (Phi) is 6.97. The molecule has 4 rings (SSSR count). The van der Waals surface area contributed by atoms with Gasteiger partial charge in [-0.1, -0.05) is 44.2 Å². The molecule has 4 aromatic rings. The first kappa shape index (κ1) is 25.2. The van der Waals surface area contributed by atoms with Crippen molar-refractivity contribution in [3.05, 3.63) is 76.4 Å². The fraction of sp³-hybridized carbons (Fsp3) is 0.357. The van der Waals surface area contributed by atoms with Crippen LogP contribution in [0.15, 0.2) is 42.5 Å². The number of hydrogen-bond donors (Lipinski definition) is 2. The Hall–Kier alpha value is -3.94. The molecule has 2 heterocycles. The smallest absolute Gasteiger partial charge is 0.254 e. The maximum Gasteiger partial charge on any atom is 0.254 e. The minimum Gasteiger partial charge on any atom is -0.345 e. The molecule has 0 radical (unpaired) electrons. The number of aromatic nitrogens is 4. The van der Waals surface area contributed by atoms with Crippen molar-refractivity contribution in [3.63, 3.8) is 0 Å². The van der Waals surface area contributed by atoms with Gasteiger partial charge < -0.3 is 15.2 Å². The van der Waals surface area contributed by atoms with Crippen LogP contribution >= 0.6 is 0 Å². The topological polar surface area (TPSA) is 93.8 Å². The van der Waals surface area contributed by atoms with Crippen LogP contribution in [0.4, 0.5) is 5.69 Å². The van der Waals surface area contributed by atoms with Crippen molar-refractivity contribution in [2.75, 3.05) is 5.32 Å². The van der Waals surface area contributed by atoms with Crippen LogP contribution in [0.5, 0.6) is 0 Å². The van der Waals surface area contributed by atoms with Gasteiger partial charge in [0.2, 0.25) is 5.91 Å². The average molecular weight is 487 g/mol. The molecule has 8 heteroatoms. The molecule has 2 aromatic carbocycles. The lowest BCUT2D eigenvalue weighted by molar-refractivity contribution is -0.118. The number of carbonyl (C=O) groups excluding carboxylic acids is 2. The summed E-state index contributed by atoms with van der Waals surface area (Å²) < 4.78 is 3.88. The second kappa shape index (κ2) is 9.97. The van der Waals surface area contributed by atoms with Gasteiger partial charge in [0.05, 0.1) is 28.3 Å². The lowest BCUT2D eigenvalue weighted by Crippen LogP contribution is -2.28. The van der Waals surface area contributed by atoms with Crippen molar-refractivity contribution in [1.29, 1.82) is 0 Å². The predicted molar refractivity (Wildman–Crippen MR) is 142 cm³/mol. The molecule has 0 spiro atoms. The van der Waals surface area contributed by atoms with Crippen molar-refractivity contribution in [3.8, 4) is 0 Å². The first-order chi connectivity index (χ1) is 17.1. The number of fused-ring (bicyclic) bond motifs is 1. The molecule has 0 aliphatic rings. The summed E-state index contributed by atoms with van der Waals surface area (Å²) in [4.78, 5) is 31.0. The summed E-state index contributed by atoms with van der Waals surface area (Å²) in [6.07, 6.45) is 0. The average Bonchev–Trinajstić information content (AvgIpc) is 3.27. The molecule has 2 aromatic heterocycles. The number of carbonyl (C=O) groups is 2. The summed E-state index contributed by atoms with van der Waals surface area (Å²) in [5, 5.41) is 10.6. The Morgan fingerprint density at radius 3 is 2.33 bits per heavy atom. The molecular formula is C28H34N6O2. The van der Waals surface area contributed by atoms with Crippen molar-refractivity contribution < 1.29 is 9.59 Å². The molecule has 36 heavy (non-hydrogen) atoms. The highest BCUT2D eigenvalue weighted by Crippen LogP contribution is 2.28. The number of rotatable bonds is 7. The van der Waals surface area contributed by atoms with Crippen molar-refractivity contribution >= 4 is 28.5 Å². The summed E-state index contributed by atoms with van der Waals surface area (Å²) in [6.45, 7) is 12.1. The zero-order valence-electron chi connectivity index (χ0n) is 22.0. The van der Waals surface area contributed by atoms with Gasteiger partial charge in [0.25, 0.3) is 5.91 Å². The highest BCUT2D eigenvalue weighted by Gasteiger charge is 2.23. The van der Waals surface area contributed by atoms with Gasteiger partial charge in [0, 0.05) is 36.5 Å². The predicted octanol–water partition coefficient (Wildman–Crippen LogP) is 4.83. The summed E-state index contributed by atoms with van der Waals surface area (Å²) >= 11 is 0. The fourth-order valence-corrected chi connectivity index (χ4v) is 4.64. The van der Waals surface area contributed by atoms with Gasteiger partial charge in [0.1, 0.15) is 5.82 Å². The van der Waals surface area contributed by atoms with Crippen LogP contribution in [-0.2, 0) is 18.4 Å². The summed E-state index contributed by atoms with van der Waals surface area (Å²) in [7, 11) is 1.90. The van der Waals surface area contributed by atoms with Gasteiger partial charge in [-0.2, -0.15) is 5.10 Å². The Morgan fingerprint density at radius 2 is 1.72 bits per heavy atom. The summed E-state index contributed by atoms with van der Waals surface area (Å²) in [6, 6.07) is 13.4. The first-order valence-corrected chi connectivity index (χ1v) is 12.2. The van der Waals surface area contributed by atoms with Crippen LogP contribution in [0, 0.1) is 26.7 Å². The number of hydrogen-bond acceptors (Lipinski definition) is 4. The monoisotopic (exact) mass is 486 g/mol.